The van der Waals surface area contributed by atoms with E-state index in [-0.39, 0.29) is 12.5 Å². The number of halogens is 1. The number of nitrogens with zero attached hydrogens (tertiary/aromatic N) is 1. The van der Waals surface area contributed by atoms with E-state index >= 15 is 0 Å². The number of nitrogens with one attached hydrogen (secondary N) is 1. The van der Waals surface area contributed by atoms with Gasteiger partial charge in [-0.25, -0.2) is 0 Å². The van der Waals surface area contributed by atoms with Gasteiger partial charge in [-0.15, -0.1) is 0 Å². The van der Waals surface area contributed by atoms with Crippen molar-refractivity contribution in [3.63, 3.8) is 0 Å². The smallest absolute Gasteiger partial charge is 0.260 e. The van der Waals surface area contributed by atoms with Crippen molar-refractivity contribution in [2.45, 2.75) is 18.9 Å². The SMILES string of the molecule is O=C(COc1cccc(Cl)c1)N1C[C@@H]2CCCN[C@@H]2C1. The lowest BCUT2D eigenvalue weighted by atomic mass is 9.94. The first kappa shape index (κ1) is 13.7. The number of fused-ring (bicyclic) bond motifs is 1. The highest BCUT2D eigenvalue weighted by Gasteiger charge is 2.36. The van der Waals surface area contributed by atoms with E-state index in [0.717, 1.165) is 19.6 Å². The van der Waals surface area contributed by atoms with Crippen molar-refractivity contribution in [1.29, 1.82) is 0 Å². The van der Waals surface area contributed by atoms with Gasteiger partial charge in [0.1, 0.15) is 5.75 Å². The summed E-state index contributed by atoms with van der Waals surface area (Å²) in [6.45, 7) is 2.82. The minimum atomic E-state index is 0.0566. The average Bonchev–Trinajstić information content (AvgIpc) is 2.89. The Morgan fingerprint density at radius 1 is 1.45 bits per heavy atom. The van der Waals surface area contributed by atoms with E-state index in [0.29, 0.717) is 22.7 Å². The zero-order valence-corrected chi connectivity index (χ0v) is 12.1. The van der Waals surface area contributed by atoms with Gasteiger partial charge in [-0.1, -0.05) is 17.7 Å². The Labute approximate surface area is 124 Å². The van der Waals surface area contributed by atoms with E-state index in [1.54, 1.807) is 12.1 Å². The largest absolute Gasteiger partial charge is 0.484 e. The molecule has 2 fully saturated rings. The van der Waals surface area contributed by atoms with Crippen molar-refractivity contribution >= 4 is 17.5 Å². The van der Waals surface area contributed by atoms with Crippen LogP contribution >= 0.6 is 11.6 Å². The van der Waals surface area contributed by atoms with Gasteiger partial charge in [-0.2, -0.15) is 0 Å². The van der Waals surface area contributed by atoms with Crippen LogP contribution in [0.4, 0.5) is 0 Å². The van der Waals surface area contributed by atoms with Crippen molar-refractivity contribution in [2.75, 3.05) is 26.2 Å². The molecule has 108 valence electrons. The van der Waals surface area contributed by atoms with Gasteiger partial charge in [0, 0.05) is 24.2 Å². The Morgan fingerprint density at radius 2 is 2.35 bits per heavy atom. The number of rotatable bonds is 3. The number of hydrogen-bond donors (Lipinski definition) is 1. The fraction of sp³-hybridized carbons (Fsp3) is 0.533. The Balaban J connectivity index is 1.52. The summed E-state index contributed by atoms with van der Waals surface area (Å²) in [4.78, 5) is 14.1. The van der Waals surface area contributed by atoms with Crippen LogP contribution in [-0.2, 0) is 4.79 Å². The van der Waals surface area contributed by atoms with Gasteiger partial charge < -0.3 is 15.0 Å². The predicted octanol–water partition coefficient (Wildman–Crippen LogP) is 1.93. The summed E-state index contributed by atoms with van der Waals surface area (Å²) >= 11 is 5.89. The van der Waals surface area contributed by atoms with Crippen molar-refractivity contribution in [3.05, 3.63) is 29.3 Å². The third-order valence-corrected chi connectivity index (χ3v) is 4.35. The maximum Gasteiger partial charge on any atom is 0.260 e. The van der Waals surface area contributed by atoms with Crippen LogP contribution in [0.3, 0.4) is 0 Å². The second-order valence-corrected chi connectivity index (χ2v) is 5.94. The third kappa shape index (κ3) is 3.07. The summed E-state index contributed by atoms with van der Waals surface area (Å²) in [5, 5.41) is 4.11. The van der Waals surface area contributed by atoms with Crippen molar-refractivity contribution in [2.24, 2.45) is 5.92 Å². The van der Waals surface area contributed by atoms with Crippen LogP contribution in [0.2, 0.25) is 5.02 Å². The Bertz CT molecular complexity index is 481. The maximum atomic E-state index is 12.2. The molecule has 0 aromatic heterocycles. The van der Waals surface area contributed by atoms with Crippen LogP contribution < -0.4 is 10.1 Å². The molecule has 2 heterocycles. The van der Waals surface area contributed by atoms with Crippen molar-refractivity contribution < 1.29 is 9.53 Å². The van der Waals surface area contributed by atoms with E-state index in [2.05, 4.69) is 5.32 Å². The number of piperidine rings is 1. The first-order chi connectivity index (χ1) is 9.72. The number of benzene rings is 1. The molecule has 1 aromatic rings. The van der Waals surface area contributed by atoms with Gasteiger partial charge in [0.2, 0.25) is 0 Å². The number of likely N-dealkylation sites (tertiary alicyclic amines) is 1. The van der Waals surface area contributed by atoms with Crippen LogP contribution in [0.15, 0.2) is 24.3 Å². The van der Waals surface area contributed by atoms with Gasteiger partial charge in [0.25, 0.3) is 5.91 Å². The summed E-state index contributed by atoms with van der Waals surface area (Å²) < 4.78 is 5.52. The standard InChI is InChI=1S/C15H19ClN2O2/c16-12-4-1-5-13(7-12)20-10-15(19)18-8-11-3-2-6-17-14(11)9-18/h1,4-5,7,11,14,17H,2-3,6,8-10H2/t11-,14+/m0/s1. The molecule has 4 nitrogen and oxygen atoms in total. The molecule has 0 radical (unpaired) electrons. The molecule has 2 saturated heterocycles. The summed E-state index contributed by atoms with van der Waals surface area (Å²) in [5.74, 6) is 1.31. The molecule has 2 aliphatic rings. The van der Waals surface area contributed by atoms with Gasteiger partial charge in [-0.3, -0.25) is 4.79 Å². The topological polar surface area (TPSA) is 41.6 Å². The molecular weight excluding hydrogens is 276 g/mol. The maximum absolute atomic E-state index is 12.2. The summed E-state index contributed by atoms with van der Waals surface area (Å²) in [5.41, 5.74) is 0. The number of amides is 1. The second kappa shape index (κ2) is 6.02. The minimum Gasteiger partial charge on any atom is -0.484 e. The molecule has 1 amide bonds. The molecule has 20 heavy (non-hydrogen) atoms. The molecule has 0 spiro atoms. The van der Waals surface area contributed by atoms with Gasteiger partial charge in [0.15, 0.2) is 6.61 Å². The molecule has 1 aromatic carbocycles. The normalized spacial score (nSPS) is 25.4. The summed E-state index contributed by atoms with van der Waals surface area (Å²) in [7, 11) is 0. The van der Waals surface area contributed by atoms with E-state index < -0.39 is 0 Å². The summed E-state index contributed by atoms with van der Waals surface area (Å²) in [6, 6.07) is 7.60. The van der Waals surface area contributed by atoms with Gasteiger partial charge >= 0.3 is 0 Å². The summed E-state index contributed by atoms with van der Waals surface area (Å²) in [6.07, 6.45) is 2.43. The monoisotopic (exact) mass is 294 g/mol. The highest BCUT2D eigenvalue weighted by atomic mass is 35.5. The third-order valence-electron chi connectivity index (χ3n) is 4.11. The van der Waals surface area contributed by atoms with Gasteiger partial charge in [-0.05, 0) is 43.5 Å². The van der Waals surface area contributed by atoms with Crippen LogP contribution in [0.25, 0.3) is 0 Å². The van der Waals surface area contributed by atoms with E-state index in [4.69, 9.17) is 16.3 Å². The van der Waals surface area contributed by atoms with E-state index in [1.165, 1.54) is 12.8 Å². The first-order valence-electron chi connectivity index (χ1n) is 7.12. The number of carbonyl (C=O) groups excluding carboxylic acids is 1. The Kier molecular flexibility index (Phi) is 4.13. The Morgan fingerprint density at radius 3 is 3.15 bits per heavy atom. The molecule has 0 bridgehead atoms. The lowest BCUT2D eigenvalue weighted by Gasteiger charge is -2.24. The Hall–Kier alpha value is -1.26. The lowest BCUT2D eigenvalue weighted by Crippen LogP contribution is -2.41. The highest BCUT2D eigenvalue weighted by molar-refractivity contribution is 6.30. The van der Waals surface area contributed by atoms with Crippen molar-refractivity contribution in [1.82, 2.24) is 10.2 Å². The number of ether oxygens (including phenoxy) is 1. The lowest BCUT2D eigenvalue weighted by molar-refractivity contribution is -0.132. The van der Waals surface area contributed by atoms with E-state index in [1.807, 2.05) is 17.0 Å². The average molecular weight is 295 g/mol. The van der Waals surface area contributed by atoms with Crippen LogP contribution in [0.1, 0.15) is 12.8 Å². The van der Waals surface area contributed by atoms with Crippen LogP contribution in [0.5, 0.6) is 5.75 Å². The van der Waals surface area contributed by atoms with Crippen LogP contribution in [-0.4, -0.2) is 43.1 Å². The van der Waals surface area contributed by atoms with Gasteiger partial charge in [0.05, 0.1) is 0 Å². The predicted molar refractivity (Wildman–Crippen MR) is 78.0 cm³/mol. The fourth-order valence-electron chi connectivity index (χ4n) is 3.04. The quantitative estimate of drug-likeness (QED) is 0.926. The zero-order chi connectivity index (χ0) is 13.9. The molecule has 5 heteroatoms. The van der Waals surface area contributed by atoms with Crippen LogP contribution in [0, 0.1) is 5.92 Å². The molecule has 0 saturated carbocycles. The molecule has 2 aliphatic heterocycles. The molecular formula is C15H19ClN2O2. The number of carbonyl (C=O) groups is 1. The highest BCUT2D eigenvalue weighted by Crippen LogP contribution is 2.25. The molecule has 0 aliphatic carbocycles. The van der Waals surface area contributed by atoms with E-state index in [9.17, 15) is 4.79 Å². The fourth-order valence-corrected chi connectivity index (χ4v) is 3.22. The number of hydrogen-bond acceptors (Lipinski definition) is 3. The minimum absolute atomic E-state index is 0.0566. The molecule has 1 N–H and O–H groups in total. The molecule has 2 atom stereocenters. The van der Waals surface area contributed by atoms with Crippen molar-refractivity contribution in [3.8, 4) is 5.75 Å². The second-order valence-electron chi connectivity index (χ2n) is 5.51. The zero-order valence-electron chi connectivity index (χ0n) is 11.3. The molecule has 0 unspecified atom stereocenters. The molecule has 3 rings (SSSR count). The first-order valence-corrected chi connectivity index (χ1v) is 7.50.